The van der Waals surface area contributed by atoms with Crippen LogP contribution in [-0.4, -0.2) is 22.7 Å². The van der Waals surface area contributed by atoms with Crippen molar-refractivity contribution in [2.45, 2.75) is 26.7 Å². The van der Waals surface area contributed by atoms with Crippen molar-refractivity contribution in [1.29, 1.82) is 0 Å². The van der Waals surface area contributed by atoms with Crippen LogP contribution in [0.5, 0.6) is 0 Å². The average Bonchev–Trinajstić information content (AvgIpc) is 2.90. The minimum absolute atomic E-state index is 0.116. The molecule has 1 aliphatic rings. The van der Waals surface area contributed by atoms with Crippen LogP contribution in [0.2, 0.25) is 0 Å². The quantitative estimate of drug-likeness (QED) is 0.837. The Balaban J connectivity index is 1.90. The smallest absolute Gasteiger partial charge is 0.335 e. The van der Waals surface area contributed by atoms with Gasteiger partial charge in [-0.3, -0.25) is 4.79 Å². The molecule has 3 rings (SSSR count). The summed E-state index contributed by atoms with van der Waals surface area (Å²) in [4.78, 5) is 23.9. The number of hydrogen-bond acceptors (Lipinski definition) is 3. The summed E-state index contributed by atoms with van der Waals surface area (Å²) < 4.78 is 0. The summed E-state index contributed by atoms with van der Waals surface area (Å²) in [6, 6.07) is 14.3. The first-order valence-electron chi connectivity index (χ1n) is 8.42. The molecule has 0 bridgehead atoms. The van der Waals surface area contributed by atoms with Crippen LogP contribution in [-0.2, 0) is 4.79 Å². The van der Waals surface area contributed by atoms with Gasteiger partial charge in [-0.2, -0.15) is 10.1 Å². The van der Waals surface area contributed by atoms with Crippen LogP contribution in [0.3, 0.4) is 0 Å². The molecule has 0 fully saturated rings. The van der Waals surface area contributed by atoms with Gasteiger partial charge < -0.3 is 5.11 Å². The molecule has 2 aromatic rings. The van der Waals surface area contributed by atoms with Crippen molar-refractivity contribution >= 4 is 29.4 Å². The highest BCUT2D eigenvalue weighted by Gasteiger charge is 2.29. The SMILES string of the molecule is CC1=NN(c2cccc(C(=O)O)c2)C(=O)/C1=C\c1ccc(C(C)C)cc1. The maximum absolute atomic E-state index is 12.8. The lowest BCUT2D eigenvalue weighted by molar-refractivity contribution is -0.114. The highest BCUT2D eigenvalue weighted by atomic mass is 16.4. The van der Waals surface area contributed by atoms with E-state index in [9.17, 15) is 9.59 Å². The standard InChI is InChI=1S/C21H20N2O3/c1-13(2)16-9-7-15(8-10-16)11-19-14(3)22-23(20(19)24)18-6-4-5-17(12-18)21(25)26/h4-13H,1-3H3,(H,25,26)/b19-11-. The van der Waals surface area contributed by atoms with E-state index in [-0.39, 0.29) is 11.5 Å². The number of hydrazone groups is 1. The van der Waals surface area contributed by atoms with E-state index < -0.39 is 5.97 Å². The predicted octanol–water partition coefficient (Wildman–Crippen LogP) is 4.31. The Morgan fingerprint density at radius 3 is 2.46 bits per heavy atom. The number of nitrogens with zero attached hydrogens (tertiary/aromatic N) is 2. The van der Waals surface area contributed by atoms with E-state index in [4.69, 9.17) is 5.11 Å². The summed E-state index contributed by atoms with van der Waals surface area (Å²) in [7, 11) is 0. The molecule has 1 heterocycles. The molecule has 132 valence electrons. The molecule has 26 heavy (non-hydrogen) atoms. The van der Waals surface area contributed by atoms with Gasteiger partial charge in [0.2, 0.25) is 0 Å². The normalized spacial score (nSPS) is 15.7. The van der Waals surface area contributed by atoms with Crippen molar-refractivity contribution in [1.82, 2.24) is 0 Å². The molecule has 0 saturated carbocycles. The van der Waals surface area contributed by atoms with E-state index in [1.807, 2.05) is 18.2 Å². The van der Waals surface area contributed by atoms with Gasteiger partial charge in [0, 0.05) is 0 Å². The van der Waals surface area contributed by atoms with Crippen molar-refractivity contribution in [3.8, 4) is 0 Å². The summed E-state index contributed by atoms with van der Waals surface area (Å²) in [5.41, 5.74) is 3.82. The summed E-state index contributed by atoms with van der Waals surface area (Å²) in [5.74, 6) is -0.858. The topological polar surface area (TPSA) is 70.0 Å². The van der Waals surface area contributed by atoms with Gasteiger partial charge in [-0.25, -0.2) is 4.79 Å². The Labute approximate surface area is 152 Å². The summed E-state index contributed by atoms with van der Waals surface area (Å²) in [5, 5.41) is 14.7. The summed E-state index contributed by atoms with van der Waals surface area (Å²) in [6.07, 6.45) is 1.81. The van der Waals surface area contributed by atoms with Crippen LogP contribution < -0.4 is 5.01 Å². The maximum atomic E-state index is 12.8. The Bertz CT molecular complexity index is 925. The van der Waals surface area contributed by atoms with Gasteiger partial charge in [0.05, 0.1) is 22.5 Å². The number of benzene rings is 2. The average molecular weight is 348 g/mol. The fraction of sp³-hybridized carbons (Fsp3) is 0.190. The van der Waals surface area contributed by atoms with Crippen LogP contribution in [0.15, 0.2) is 59.2 Å². The Morgan fingerprint density at radius 1 is 1.15 bits per heavy atom. The summed E-state index contributed by atoms with van der Waals surface area (Å²) >= 11 is 0. The lowest BCUT2D eigenvalue weighted by Crippen LogP contribution is -2.21. The monoisotopic (exact) mass is 348 g/mol. The van der Waals surface area contributed by atoms with Crippen LogP contribution in [0.4, 0.5) is 5.69 Å². The molecule has 0 aliphatic carbocycles. The number of carbonyl (C=O) groups excluding carboxylic acids is 1. The lowest BCUT2D eigenvalue weighted by atomic mass is 10.0. The van der Waals surface area contributed by atoms with Crippen molar-refractivity contribution < 1.29 is 14.7 Å². The molecule has 5 nitrogen and oxygen atoms in total. The van der Waals surface area contributed by atoms with E-state index in [0.717, 1.165) is 5.56 Å². The van der Waals surface area contributed by atoms with Gasteiger partial charge in [-0.1, -0.05) is 44.2 Å². The first kappa shape index (κ1) is 17.6. The first-order chi connectivity index (χ1) is 12.4. The molecule has 1 aliphatic heterocycles. The second kappa shape index (κ2) is 6.96. The zero-order chi connectivity index (χ0) is 18.8. The fourth-order valence-electron chi connectivity index (χ4n) is 2.77. The molecule has 1 N–H and O–H groups in total. The molecule has 1 amide bonds. The van der Waals surface area contributed by atoms with Crippen LogP contribution >= 0.6 is 0 Å². The molecule has 2 aromatic carbocycles. The van der Waals surface area contributed by atoms with Gasteiger partial charge in [0.15, 0.2) is 0 Å². The van der Waals surface area contributed by atoms with E-state index >= 15 is 0 Å². The van der Waals surface area contributed by atoms with Gasteiger partial charge >= 0.3 is 5.97 Å². The van der Waals surface area contributed by atoms with Gasteiger partial charge in [0.1, 0.15) is 0 Å². The molecule has 0 unspecified atom stereocenters. The number of carboxylic acid groups (broad SMARTS) is 1. The van der Waals surface area contributed by atoms with E-state index in [0.29, 0.717) is 22.9 Å². The summed E-state index contributed by atoms with van der Waals surface area (Å²) in [6.45, 7) is 6.04. The van der Waals surface area contributed by atoms with Gasteiger partial charge in [-0.05, 0) is 48.2 Å². The van der Waals surface area contributed by atoms with Crippen molar-refractivity contribution in [3.05, 3.63) is 70.8 Å². The van der Waals surface area contributed by atoms with E-state index in [2.05, 4.69) is 31.1 Å². The third-order valence-electron chi connectivity index (χ3n) is 4.31. The molecule has 0 saturated heterocycles. The molecule has 0 radical (unpaired) electrons. The Hall–Kier alpha value is -3.21. The Morgan fingerprint density at radius 2 is 1.85 bits per heavy atom. The first-order valence-corrected chi connectivity index (χ1v) is 8.42. The molecular weight excluding hydrogens is 328 g/mol. The number of hydrogen-bond donors (Lipinski definition) is 1. The predicted molar refractivity (Wildman–Crippen MR) is 103 cm³/mol. The second-order valence-electron chi connectivity index (χ2n) is 6.54. The van der Waals surface area contributed by atoms with E-state index in [1.165, 1.54) is 22.7 Å². The highest BCUT2D eigenvalue weighted by molar-refractivity contribution is 6.32. The van der Waals surface area contributed by atoms with Crippen LogP contribution in [0.25, 0.3) is 6.08 Å². The van der Waals surface area contributed by atoms with Crippen molar-refractivity contribution in [2.24, 2.45) is 5.10 Å². The second-order valence-corrected chi connectivity index (χ2v) is 6.54. The highest BCUT2D eigenvalue weighted by Crippen LogP contribution is 2.26. The lowest BCUT2D eigenvalue weighted by Gasteiger charge is -2.12. The zero-order valence-electron chi connectivity index (χ0n) is 14.9. The largest absolute Gasteiger partial charge is 0.478 e. The molecular formula is C21H20N2O3. The minimum Gasteiger partial charge on any atom is -0.478 e. The number of aromatic carboxylic acids is 1. The maximum Gasteiger partial charge on any atom is 0.335 e. The fourth-order valence-corrected chi connectivity index (χ4v) is 2.77. The van der Waals surface area contributed by atoms with Crippen molar-refractivity contribution in [3.63, 3.8) is 0 Å². The number of rotatable bonds is 4. The molecule has 0 atom stereocenters. The molecule has 0 spiro atoms. The number of carbonyl (C=O) groups is 2. The van der Waals surface area contributed by atoms with Gasteiger partial charge in [-0.15, -0.1) is 0 Å². The number of anilines is 1. The Kier molecular flexibility index (Phi) is 4.71. The minimum atomic E-state index is -1.04. The molecule has 0 aromatic heterocycles. The third kappa shape index (κ3) is 3.42. The third-order valence-corrected chi connectivity index (χ3v) is 4.31. The number of carboxylic acids is 1. The zero-order valence-corrected chi connectivity index (χ0v) is 14.9. The van der Waals surface area contributed by atoms with Crippen molar-refractivity contribution in [2.75, 3.05) is 5.01 Å². The van der Waals surface area contributed by atoms with Crippen LogP contribution in [0.1, 0.15) is 48.2 Å². The van der Waals surface area contributed by atoms with Crippen LogP contribution in [0, 0.1) is 0 Å². The number of amides is 1. The molecule has 5 heteroatoms. The van der Waals surface area contributed by atoms with Gasteiger partial charge in [0.25, 0.3) is 5.91 Å². The van der Waals surface area contributed by atoms with E-state index in [1.54, 1.807) is 19.1 Å².